The van der Waals surface area contributed by atoms with Gasteiger partial charge < -0.3 is 52.2 Å². The van der Waals surface area contributed by atoms with Gasteiger partial charge in [-0.3, -0.25) is 19.8 Å². The fourth-order valence-electron chi connectivity index (χ4n) is 10.2. The number of ether oxygens (including phenoxy) is 10. The molecule has 5 aromatic rings. The molecule has 0 radical (unpaired) electrons. The van der Waals surface area contributed by atoms with Crippen LogP contribution in [0.4, 0.5) is 9.59 Å². The number of carbonyl (C=O) groups is 5. The third-order valence-electron chi connectivity index (χ3n) is 14.9. The summed E-state index contributed by atoms with van der Waals surface area (Å²) in [6.07, 6.45) is 1.26. The molecule has 9 rings (SSSR count). The average molecular weight is 1320 g/mol. The first kappa shape index (κ1) is 72.2. The van der Waals surface area contributed by atoms with Gasteiger partial charge in [0.15, 0.2) is 10.3 Å². The van der Waals surface area contributed by atoms with Crippen molar-refractivity contribution in [3.05, 3.63) is 163 Å². The lowest BCUT2D eigenvalue weighted by molar-refractivity contribution is -0.150. The number of hydrogen-bond acceptors (Lipinski definition) is 19. The third kappa shape index (κ3) is 19.4. The molecule has 0 spiro atoms. The average Bonchev–Trinajstić information content (AvgIpc) is 0.953. The van der Waals surface area contributed by atoms with E-state index in [1.807, 2.05) is 165 Å². The number of esters is 2. The number of fused-ring (bicyclic) bond motifs is 2. The molecule has 2 saturated heterocycles. The van der Waals surface area contributed by atoms with Crippen molar-refractivity contribution in [3.8, 4) is 11.5 Å². The first-order valence-electron chi connectivity index (χ1n) is 30.5. The first-order chi connectivity index (χ1) is 43.9. The van der Waals surface area contributed by atoms with E-state index < -0.39 is 59.3 Å². The van der Waals surface area contributed by atoms with E-state index in [2.05, 4.69) is 36.4 Å². The second-order valence-electron chi connectivity index (χ2n) is 23.9. The minimum atomic E-state index is -2.24. The number of methoxy groups -OCH3 is 2. The molecule has 0 aliphatic carbocycles. The van der Waals surface area contributed by atoms with Gasteiger partial charge in [0.05, 0.1) is 59.0 Å². The molecular weight excluding hydrogens is 1230 g/mol. The molecule has 494 valence electrons. The normalized spacial score (nSPS) is 22.4. The number of aldehydes is 1. The van der Waals surface area contributed by atoms with Gasteiger partial charge in [-0.2, -0.15) is 0 Å². The zero-order valence-electron chi connectivity index (χ0n) is 54.9. The van der Waals surface area contributed by atoms with Crippen molar-refractivity contribution in [1.29, 1.82) is 0 Å². The van der Waals surface area contributed by atoms with Gasteiger partial charge in [-0.1, -0.05) is 153 Å². The van der Waals surface area contributed by atoms with E-state index in [-0.39, 0.29) is 42.1 Å². The molecule has 0 unspecified atom stereocenters. The molecule has 0 N–H and O–H groups in total. The SMILES string of the molecule is CCOC(=O)/C=C/[C@H]1O[C@@H]2SC(N(C)C(=O)OC(C)(C)C)=N[C@@H]2[C@@H](OCc2ccc(OC)cc2)[C@@H]1C.CCOC(=O)C=P(c1ccccc1)(c1ccccc1)c1ccccc1.COc1ccc(CO[C@H]2[C@H](C)[C@@H](C=O)O[C@@H]3SC(N(C)C(=O)OC(C)(C)C)=N[C@H]23)cc1. The van der Waals surface area contributed by atoms with Crippen molar-refractivity contribution in [1.82, 2.24) is 9.80 Å². The maximum atomic E-state index is 12.6. The van der Waals surface area contributed by atoms with Crippen molar-refractivity contribution in [3.63, 3.8) is 0 Å². The summed E-state index contributed by atoms with van der Waals surface area (Å²) in [6.45, 7) is 17.6. The van der Waals surface area contributed by atoms with Crippen LogP contribution in [0.25, 0.3) is 0 Å². The lowest BCUT2D eigenvalue weighted by Crippen LogP contribution is -2.51. The molecule has 4 heterocycles. The Morgan fingerprint density at radius 3 is 1.28 bits per heavy atom. The largest absolute Gasteiger partial charge is 0.497 e. The fraction of sp³-hybridized carbons (Fsp3) is 0.429. The van der Waals surface area contributed by atoms with E-state index in [4.69, 9.17) is 57.4 Å². The highest BCUT2D eigenvalue weighted by molar-refractivity contribution is 8.14. The van der Waals surface area contributed by atoms with E-state index in [1.165, 1.54) is 39.4 Å². The van der Waals surface area contributed by atoms with Crippen LogP contribution in [0.1, 0.15) is 80.4 Å². The summed E-state index contributed by atoms with van der Waals surface area (Å²) in [5.41, 5.74) is -0.0600. The molecule has 92 heavy (non-hydrogen) atoms. The van der Waals surface area contributed by atoms with Crippen LogP contribution in [-0.4, -0.2) is 156 Å². The first-order valence-corrected chi connectivity index (χ1v) is 34.1. The van der Waals surface area contributed by atoms with Crippen LogP contribution >= 0.6 is 30.4 Å². The number of amidine groups is 2. The molecule has 4 aliphatic heterocycles. The van der Waals surface area contributed by atoms with E-state index in [0.717, 1.165) is 44.8 Å². The van der Waals surface area contributed by atoms with Gasteiger partial charge in [0.2, 0.25) is 0 Å². The number of amides is 2. The van der Waals surface area contributed by atoms with Gasteiger partial charge in [0.25, 0.3) is 0 Å². The smallest absolute Gasteiger partial charge is 0.416 e. The van der Waals surface area contributed by atoms with Crippen molar-refractivity contribution in [2.75, 3.05) is 41.5 Å². The Hall–Kier alpha value is -7.23. The zero-order chi connectivity index (χ0) is 66.8. The molecule has 4 aliphatic rings. The van der Waals surface area contributed by atoms with Crippen molar-refractivity contribution in [2.24, 2.45) is 21.8 Å². The maximum Gasteiger partial charge on any atom is 0.416 e. The van der Waals surface area contributed by atoms with Crippen LogP contribution in [-0.2, 0) is 65.5 Å². The molecule has 0 saturated carbocycles. The van der Waals surface area contributed by atoms with Gasteiger partial charge >= 0.3 is 24.1 Å². The molecule has 0 bridgehead atoms. The molecule has 22 heteroatoms. The van der Waals surface area contributed by atoms with Crippen molar-refractivity contribution in [2.45, 2.75) is 141 Å². The third-order valence-corrected chi connectivity index (χ3v) is 21.2. The number of nitrogens with zero attached hydrogens (tertiary/aromatic N) is 4. The Balaban J connectivity index is 0.000000199. The number of carbonyl (C=O) groups excluding carboxylic acids is 5. The number of thioether (sulfide) groups is 2. The van der Waals surface area contributed by atoms with Crippen LogP contribution in [0.3, 0.4) is 0 Å². The Bertz CT molecular complexity index is 3280. The summed E-state index contributed by atoms with van der Waals surface area (Å²) in [5.74, 6) is 2.35. The molecule has 0 aromatic heterocycles. The monoisotopic (exact) mass is 1320 g/mol. The number of rotatable bonds is 17. The second-order valence-corrected chi connectivity index (χ2v) is 29.3. The topological polar surface area (TPSA) is 209 Å². The Morgan fingerprint density at radius 1 is 0.554 bits per heavy atom. The predicted octanol–water partition coefficient (Wildman–Crippen LogP) is 11.2. The maximum absolute atomic E-state index is 12.6. The summed E-state index contributed by atoms with van der Waals surface area (Å²) in [4.78, 5) is 73.4. The zero-order valence-corrected chi connectivity index (χ0v) is 57.4. The highest BCUT2D eigenvalue weighted by atomic mass is 32.2. The van der Waals surface area contributed by atoms with Crippen LogP contribution in [0.5, 0.6) is 11.5 Å². The highest BCUT2D eigenvalue weighted by Gasteiger charge is 2.51. The number of aliphatic imine (C=N–C) groups is 2. The van der Waals surface area contributed by atoms with Crippen LogP contribution in [0.2, 0.25) is 0 Å². The van der Waals surface area contributed by atoms with Gasteiger partial charge in [-0.25, -0.2) is 19.2 Å². The van der Waals surface area contributed by atoms with Gasteiger partial charge in [0.1, 0.15) is 58.0 Å². The van der Waals surface area contributed by atoms with Crippen LogP contribution in [0.15, 0.2) is 162 Å². The summed E-state index contributed by atoms with van der Waals surface area (Å²) >= 11 is 2.65. The lowest BCUT2D eigenvalue weighted by Gasteiger charge is -2.40. The summed E-state index contributed by atoms with van der Waals surface area (Å²) in [6, 6.07) is 45.4. The van der Waals surface area contributed by atoms with Crippen molar-refractivity contribution >= 4 is 92.9 Å². The minimum Gasteiger partial charge on any atom is -0.497 e. The second kappa shape index (κ2) is 33.6. The Kier molecular flexibility index (Phi) is 26.3. The van der Waals surface area contributed by atoms with Crippen LogP contribution in [0, 0.1) is 11.8 Å². The molecule has 10 atom stereocenters. The molecule has 2 amide bonds. The van der Waals surface area contributed by atoms with Crippen LogP contribution < -0.4 is 25.4 Å². The van der Waals surface area contributed by atoms with E-state index >= 15 is 0 Å². The Morgan fingerprint density at radius 2 is 0.924 bits per heavy atom. The fourth-order valence-corrected chi connectivity index (χ4v) is 16.2. The minimum absolute atomic E-state index is 0.120. The molecule has 19 nitrogen and oxygen atoms in total. The van der Waals surface area contributed by atoms with Gasteiger partial charge in [0, 0.05) is 37.8 Å². The predicted molar refractivity (Wildman–Crippen MR) is 364 cm³/mol. The Labute approximate surface area is 549 Å². The van der Waals surface area contributed by atoms with Crippen molar-refractivity contribution < 1.29 is 71.3 Å². The summed E-state index contributed by atoms with van der Waals surface area (Å²) < 4.78 is 56.5. The molecule has 5 aromatic carbocycles. The molecular formula is C70H87N4O15PS2. The standard InChI is InChI=1S/C26H36N2O7S.C22H30N2O6S.C22H21O2P/c1-8-32-20(29)14-13-19-16(2)22(33-15-17-9-11-18(31-7)12-10-17)21-23(34-19)36-24(27-21)28(6)25(30)35-26(3,4)5;1-13-16(11-25)29-19-17(18(13)28-12-14-7-9-15(27-6)10-8-14)23-20(31-19)24(5)21(26)30-22(2,3)4;1-2-24-22(23)18-25(19-12-6-3-7-13-19,20-14-8-4-9-15-20)21-16-10-5-11-17-21/h9-14,16,19,21-23H,8,15H2,1-7H3;7-11,13,16-19H,12H2,1-6H3;3-18H,2H2,1H3/b14-13+;;/t16-,19-,21-,22+,23-;13-,16-,17-,18+,19-;/m11./s1. The number of hydrogen-bond donors (Lipinski definition) is 0. The quantitative estimate of drug-likeness (QED) is 0.0279. The summed E-state index contributed by atoms with van der Waals surface area (Å²) in [5, 5.41) is 4.40. The summed E-state index contributed by atoms with van der Waals surface area (Å²) in [7, 11) is 6.49. The number of benzene rings is 5. The van der Waals surface area contributed by atoms with Gasteiger partial charge in [-0.15, -0.1) is 0 Å². The van der Waals surface area contributed by atoms with Gasteiger partial charge in [-0.05, 0) is 120 Å². The highest BCUT2D eigenvalue weighted by Crippen LogP contribution is 2.45. The van der Waals surface area contributed by atoms with E-state index in [0.29, 0.717) is 36.8 Å². The van der Waals surface area contributed by atoms with E-state index in [1.54, 1.807) is 47.1 Å². The molecule has 2 fully saturated rings. The van der Waals surface area contributed by atoms with E-state index in [9.17, 15) is 24.0 Å². The lowest BCUT2D eigenvalue weighted by atomic mass is 9.89.